The lowest BCUT2D eigenvalue weighted by molar-refractivity contribution is -0.142. The highest BCUT2D eigenvalue weighted by atomic mass is 16.5. The van der Waals surface area contributed by atoms with Crippen LogP contribution in [0.25, 0.3) is 0 Å². The van der Waals surface area contributed by atoms with Gasteiger partial charge >= 0.3 is 5.97 Å². The third-order valence-electron chi connectivity index (χ3n) is 5.19. The molecule has 1 saturated heterocycles. The quantitative estimate of drug-likeness (QED) is 0.830. The van der Waals surface area contributed by atoms with Crippen molar-refractivity contribution in [3.05, 3.63) is 53.1 Å². The lowest BCUT2D eigenvalue weighted by Gasteiger charge is -2.38. The molecular formula is C19H22N4O4. The van der Waals surface area contributed by atoms with Gasteiger partial charge in [0.15, 0.2) is 0 Å². The maximum atomic E-state index is 13.1. The summed E-state index contributed by atoms with van der Waals surface area (Å²) in [4.78, 5) is 35.7. The Hall–Kier alpha value is -2.71. The summed E-state index contributed by atoms with van der Waals surface area (Å²) in [7, 11) is 0. The van der Waals surface area contributed by atoms with Crippen molar-refractivity contribution in [3.8, 4) is 0 Å². The SMILES string of the molecule is O=C(O)c1ccc(CN2Cc3[nH]cnc3CC2C(=O)N2CCOCC2)cc1. The topological polar surface area (TPSA) is 98.8 Å². The molecule has 4 rings (SSSR count). The summed E-state index contributed by atoms with van der Waals surface area (Å²) in [6, 6.07) is 6.53. The molecule has 142 valence electrons. The van der Waals surface area contributed by atoms with Crippen LogP contribution < -0.4 is 0 Å². The van der Waals surface area contributed by atoms with Crippen molar-refractivity contribution in [2.45, 2.75) is 25.6 Å². The first kappa shape index (κ1) is 17.7. The van der Waals surface area contributed by atoms with E-state index in [0.717, 1.165) is 17.0 Å². The number of imidazole rings is 1. The van der Waals surface area contributed by atoms with E-state index < -0.39 is 5.97 Å². The predicted octanol–water partition coefficient (Wildman–Crippen LogP) is 0.894. The van der Waals surface area contributed by atoms with Crippen LogP contribution in [-0.2, 0) is 29.0 Å². The average Bonchev–Trinajstić information content (AvgIpc) is 3.15. The second kappa shape index (κ2) is 7.50. The Kier molecular flexibility index (Phi) is 4.91. The molecular weight excluding hydrogens is 348 g/mol. The molecule has 27 heavy (non-hydrogen) atoms. The van der Waals surface area contributed by atoms with Gasteiger partial charge in [-0.2, -0.15) is 0 Å². The van der Waals surface area contributed by atoms with E-state index in [1.165, 1.54) is 0 Å². The molecule has 1 fully saturated rings. The van der Waals surface area contributed by atoms with E-state index in [9.17, 15) is 9.59 Å². The number of hydrogen-bond acceptors (Lipinski definition) is 5. The average molecular weight is 370 g/mol. The highest BCUT2D eigenvalue weighted by Gasteiger charge is 2.35. The minimum atomic E-state index is -0.943. The van der Waals surface area contributed by atoms with Crippen LogP contribution in [-0.4, -0.2) is 69.1 Å². The molecule has 2 aromatic rings. The number of ether oxygens (including phenoxy) is 1. The van der Waals surface area contributed by atoms with Crippen molar-refractivity contribution in [1.29, 1.82) is 0 Å². The van der Waals surface area contributed by atoms with Crippen LogP contribution in [0, 0.1) is 0 Å². The number of morpholine rings is 1. The number of H-pyrrole nitrogens is 1. The van der Waals surface area contributed by atoms with E-state index in [4.69, 9.17) is 9.84 Å². The molecule has 8 nitrogen and oxygen atoms in total. The van der Waals surface area contributed by atoms with E-state index >= 15 is 0 Å². The van der Waals surface area contributed by atoms with E-state index in [1.54, 1.807) is 18.5 Å². The molecule has 1 amide bonds. The molecule has 2 aliphatic rings. The highest BCUT2D eigenvalue weighted by Crippen LogP contribution is 2.24. The molecule has 1 aromatic heterocycles. The van der Waals surface area contributed by atoms with Crippen molar-refractivity contribution in [3.63, 3.8) is 0 Å². The van der Waals surface area contributed by atoms with Crippen LogP contribution in [0.1, 0.15) is 27.3 Å². The molecule has 2 aliphatic heterocycles. The number of rotatable bonds is 4. The number of fused-ring (bicyclic) bond motifs is 1. The predicted molar refractivity (Wildman–Crippen MR) is 96.1 cm³/mol. The Morgan fingerprint density at radius 3 is 2.67 bits per heavy atom. The number of nitrogens with one attached hydrogen (secondary N) is 1. The van der Waals surface area contributed by atoms with Gasteiger partial charge in [-0.05, 0) is 17.7 Å². The van der Waals surface area contributed by atoms with Gasteiger partial charge in [0.05, 0.1) is 42.5 Å². The van der Waals surface area contributed by atoms with Gasteiger partial charge in [-0.25, -0.2) is 9.78 Å². The molecule has 0 saturated carbocycles. The molecule has 0 bridgehead atoms. The number of carboxylic acid groups (broad SMARTS) is 1. The van der Waals surface area contributed by atoms with Crippen molar-refractivity contribution < 1.29 is 19.4 Å². The lowest BCUT2D eigenvalue weighted by Crippen LogP contribution is -2.53. The van der Waals surface area contributed by atoms with Gasteiger partial charge in [0.1, 0.15) is 0 Å². The molecule has 8 heteroatoms. The maximum Gasteiger partial charge on any atom is 0.335 e. The molecule has 1 aromatic carbocycles. The smallest absolute Gasteiger partial charge is 0.335 e. The monoisotopic (exact) mass is 370 g/mol. The molecule has 2 N–H and O–H groups in total. The number of aromatic nitrogens is 2. The fourth-order valence-corrected chi connectivity index (χ4v) is 3.68. The van der Waals surface area contributed by atoms with Gasteiger partial charge in [-0.15, -0.1) is 0 Å². The molecule has 1 unspecified atom stereocenters. The van der Waals surface area contributed by atoms with Crippen LogP contribution in [0.4, 0.5) is 0 Å². The Balaban J connectivity index is 1.55. The molecule has 0 spiro atoms. The summed E-state index contributed by atoms with van der Waals surface area (Å²) < 4.78 is 5.36. The number of amides is 1. The third kappa shape index (κ3) is 3.72. The summed E-state index contributed by atoms with van der Waals surface area (Å²) in [5, 5.41) is 9.06. The number of carbonyl (C=O) groups excluding carboxylic acids is 1. The standard InChI is InChI=1S/C19H22N4O4/c24-18(22-5-7-27-8-6-22)17-9-15-16(21-12-20-15)11-23(17)10-13-1-3-14(4-2-13)19(25)26/h1-4,12,17H,5-11H2,(H,20,21)(H,25,26). The zero-order valence-corrected chi connectivity index (χ0v) is 14.9. The van der Waals surface area contributed by atoms with Gasteiger partial charge in [0.25, 0.3) is 0 Å². The molecule has 0 radical (unpaired) electrons. The van der Waals surface area contributed by atoms with Crippen LogP contribution in [0.5, 0.6) is 0 Å². The van der Waals surface area contributed by atoms with Gasteiger partial charge in [-0.3, -0.25) is 9.69 Å². The van der Waals surface area contributed by atoms with Gasteiger partial charge in [0.2, 0.25) is 5.91 Å². The van der Waals surface area contributed by atoms with Crippen molar-refractivity contribution >= 4 is 11.9 Å². The van der Waals surface area contributed by atoms with E-state index in [0.29, 0.717) is 45.8 Å². The Morgan fingerprint density at radius 1 is 1.22 bits per heavy atom. The second-order valence-corrected chi connectivity index (χ2v) is 6.89. The van der Waals surface area contributed by atoms with Crippen molar-refractivity contribution in [2.75, 3.05) is 26.3 Å². The minimum absolute atomic E-state index is 0.106. The van der Waals surface area contributed by atoms with E-state index in [-0.39, 0.29) is 17.5 Å². The number of nitrogens with zero attached hydrogens (tertiary/aromatic N) is 3. The summed E-state index contributed by atoms with van der Waals surface area (Å²) in [6.07, 6.45) is 2.24. The van der Waals surface area contributed by atoms with Crippen LogP contribution in [0.2, 0.25) is 0 Å². The number of aromatic carboxylic acids is 1. The number of carboxylic acids is 1. The van der Waals surface area contributed by atoms with E-state index in [2.05, 4.69) is 14.9 Å². The highest BCUT2D eigenvalue weighted by molar-refractivity contribution is 5.87. The molecule has 3 heterocycles. The summed E-state index contributed by atoms with van der Waals surface area (Å²) in [5.74, 6) is -0.837. The zero-order chi connectivity index (χ0) is 18.8. The van der Waals surface area contributed by atoms with Gasteiger partial charge in [-0.1, -0.05) is 12.1 Å². The Morgan fingerprint density at radius 2 is 1.96 bits per heavy atom. The van der Waals surface area contributed by atoms with Crippen LogP contribution >= 0.6 is 0 Å². The number of hydrogen-bond donors (Lipinski definition) is 2. The fourth-order valence-electron chi connectivity index (χ4n) is 3.68. The summed E-state index contributed by atoms with van der Waals surface area (Å²) in [6.45, 7) is 3.55. The number of carbonyl (C=O) groups is 2. The summed E-state index contributed by atoms with van der Waals surface area (Å²) >= 11 is 0. The normalized spacial score (nSPS) is 20.3. The summed E-state index contributed by atoms with van der Waals surface area (Å²) in [5.41, 5.74) is 3.21. The van der Waals surface area contributed by atoms with Crippen LogP contribution in [0.3, 0.4) is 0 Å². The number of aromatic amines is 1. The minimum Gasteiger partial charge on any atom is -0.478 e. The zero-order valence-electron chi connectivity index (χ0n) is 14.9. The second-order valence-electron chi connectivity index (χ2n) is 6.89. The Bertz CT molecular complexity index is 826. The first-order valence-electron chi connectivity index (χ1n) is 9.06. The van der Waals surface area contributed by atoms with Crippen LogP contribution in [0.15, 0.2) is 30.6 Å². The first-order chi connectivity index (χ1) is 13.1. The Labute approximate surface area is 156 Å². The number of benzene rings is 1. The molecule has 1 atom stereocenters. The third-order valence-corrected chi connectivity index (χ3v) is 5.19. The fraction of sp³-hybridized carbons (Fsp3) is 0.421. The van der Waals surface area contributed by atoms with Gasteiger partial charge in [0, 0.05) is 32.6 Å². The van der Waals surface area contributed by atoms with Crippen molar-refractivity contribution in [1.82, 2.24) is 19.8 Å². The first-order valence-corrected chi connectivity index (χ1v) is 9.06. The maximum absolute atomic E-state index is 13.1. The lowest BCUT2D eigenvalue weighted by atomic mass is 9.99. The van der Waals surface area contributed by atoms with Gasteiger partial charge < -0.3 is 19.7 Å². The molecule has 0 aliphatic carbocycles. The largest absolute Gasteiger partial charge is 0.478 e. The van der Waals surface area contributed by atoms with E-state index in [1.807, 2.05) is 17.0 Å². The van der Waals surface area contributed by atoms with Crippen molar-refractivity contribution in [2.24, 2.45) is 0 Å².